The van der Waals surface area contributed by atoms with Gasteiger partial charge in [0.1, 0.15) is 24.4 Å². The predicted octanol–water partition coefficient (Wildman–Crippen LogP) is 2.12. The van der Waals surface area contributed by atoms with Gasteiger partial charge in [0.05, 0.1) is 31.5 Å². The Morgan fingerprint density at radius 1 is 0.976 bits per heavy atom. The highest BCUT2D eigenvalue weighted by molar-refractivity contribution is 5.89. The van der Waals surface area contributed by atoms with E-state index in [-0.39, 0.29) is 6.61 Å². The van der Waals surface area contributed by atoms with E-state index in [1.54, 1.807) is 37.3 Å². The van der Waals surface area contributed by atoms with Crippen molar-refractivity contribution >= 4 is 18.0 Å². The summed E-state index contributed by atoms with van der Waals surface area (Å²) < 4.78 is 41.2. The Kier molecular flexibility index (Phi) is 9.39. The van der Waals surface area contributed by atoms with Crippen LogP contribution in [0, 0.1) is 0 Å². The highest BCUT2D eigenvalue weighted by Crippen LogP contribution is 2.35. The number of alkyl carbamates (subject to hydrolysis) is 1. The number of methoxy groups -OCH3 is 1. The number of benzene rings is 2. The van der Waals surface area contributed by atoms with Crippen molar-refractivity contribution in [1.82, 2.24) is 5.32 Å². The second kappa shape index (κ2) is 13.2. The molecule has 2 N–H and O–H groups in total. The molecule has 0 spiro atoms. The number of amides is 1. The van der Waals surface area contributed by atoms with E-state index >= 15 is 0 Å². The number of hydrogen-bond acceptors (Lipinski definition) is 11. The number of esters is 2. The average molecular weight is 586 g/mol. The molecular weight excluding hydrogens is 550 g/mol. The molecule has 0 aliphatic carbocycles. The maximum Gasteiger partial charge on any atom is 0.408 e. The number of fused-ring (bicyclic) bond motifs is 1. The van der Waals surface area contributed by atoms with Gasteiger partial charge in [0.2, 0.25) is 0 Å². The van der Waals surface area contributed by atoms with E-state index in [1.807, 2.05) is 37.3 Å². The van der Waals surface area contributed by atoms with Crippen molar-refractivity contribution < 1.29 is 52.6 Å². The molecule has 226 valence electrons. The minimum atomic E-state index is -1.30. The summed E-state index contributed by atoms with van der Waals surface area (Å²) in [5.41, 5.74) is 1.15. The highest BCUT2D eigenvalue weighted by Gasteiger charge is 2.57. The zero-order valence-corrected chi connectivity index (χ0v) is 23.5. The molecule has 3 saturated heterocycles. The van der Waals surface area contributed by atoms with Crippen molar-refractivity contribution in [2.45, 2.75) is 88.0 Å². The molecule has 3 fully saturated rings. The maximum absolute atomic E-state index is 13.2. The first-order chi connectivity index (χ1) is 20.3. The fraction of sp³-hybridized carbons (Fsp3) is 0.500. The minimum absolute atomic E-state index is 0.0963. The van der Waals surface area contributed by atoms with Crippen LogP contribution in [0.15, 0.2) is 60.7 Å². The zero-order valence-electron chi connectivity index (χ0n) is 23.5. The van der Waals surface area contributed by atoms with E-state index in [2.05, 4.69) is 5.32 Å². The van der Waals surface area contributed by atoms with Crippen LogP contribution >= 0.6 is 0 Å². The Bertz CT molecular complexity index is 1230. The molecule has 5 unspecified atom stereocenters. The van der Waals surface area contributed by atoms with Crippen molar-refractivity contribution in [3.8, 4) is 0 Å². The monoisotopic (exact) mass is 585 g/mol. The Labute approximate surface area is 243 Å². The first-order valence-electron chi connectivity index (χ1n) is 13.9. The Morgan fingerprint density at radius 3 is 2.33 bits per heavy atom. The van der Waals surface area contributed by atoms with Crippen LogP contribution in [-0.4, -0.2) is 91.4 Å². The van der Waals surface area contributed by atoms with Gasteiger partial charge in [-0.3, -0.25) is 0 Å². The fourth-order valence-electron chi connectivity index (χ4n) is 5.46. The van der Waals surface area contributed by atoms with E-state index in [4.69, 9.17) is 33.2 Å². The third-order valence-corrected chi connectivity index (χ3v) is 7.64. The highest BCUT2D eigenvalue weighted by atomic mass is 16.7. The van der Waals surface area contributed by atoms with Crippen molar-refractivity contribution in [3.63, 3.8) is 0 Å². The Balaban J connectivity index is 1.48. The molecule has 0 saturated carbocycles. The lowest BCUT2D eigenvalue weighted by Crippen LogP contribution is -2.66. The number of aliphatic hydroxyl groups excluding tert-OH is 1. The maximum atomic E-state index is 13.2. The molecule has 42 heavy (non-hydrogen) atoms. The third-order valence-electron chi connectivity index (χ3n) is 7.64. The van der Waals surface area contributed by atoms with Gasteiger partial charge in [0.15, 0.2) is 24.6 Å². The number of aliphatic hydroxyl groups is 1. The molecule has 2 aromatic rings. The summed E-state index contributed by atoms with van der Waals surface area (Å²) in [5.74, 6) is -1.35. The molecule has 0 radical (unpaired) electrons. The van der Waals surface area contributed by atoms with E-state index in [0.29, 0.717) is 12.0 Å². The lowest BCUT2D eigenvalue weighted by Gasteiger charge is -2.47. The van der Waals surface area contributed by atoms with Gasteiger partial charge in [0, 0.05) is 0 Å². The van der Waals surface area contributed by atoms with Crippen LogP contribution in [0.4, 0.5) is 4.79 Å². The van der Waals surface area contributed by atoms with Crippen LogP contribution in [-0.2, 0) is 44.6 Å². The van der Waals surface area contributed by atoms with Crippen LogP contribution in [0.25, 0.3) is 0 Å². The molecule has 3 heterocycles. The largest absolute Gasteiger partial charge is 0.467 e. The molecule has 1 amide bonds. The molecule has 12 nitrogen and oxygen atoms in total. The standard InChI is InChI=1S/C30H35NO11/c1-4-19-21(32)23-20(31-30(35)42-23)29(39-19)41-25-24(37-15-17-11-7-5-8-12-17)22(16(2)38-26(25)28(34)36-3)40-27(33)18-13-9-6-10-14-18/h5-14,16,19-26,29,32H,4,15H2,1-3H3,(H,31,35)/t16-,19?,20?,21-,22?,23?,24+,25+,26?,29+/m1/s1. The number of hydrogen-bond donors (Lipinski definition) is 2. The second-order valence-electron chi connectivity index (χ2n) is 10.4. The number of ether oxygens (including phenoxy) is 7. The van der Waals surface area contributed by atoms with Crippen molar-refractivity contribution in [3.05, 3.63) is 71.8 Å². The zero-order chi connectivity index (χ0) is 29.8. The number of carbonyl (C=O) groups excluding carboxylic acids is 3. The summed E-state index contributed by atoms with van der Waals surface area (Å²) in [6.07, 6.45) is -9.66. The van der Waals surface area contributed by atoms with Crippen LogP contribution in [0.1, 0.15) is 36.2 Å². The van der Waals surface area contributed by atoms with E-state index in [9.17, 15) is 19.5 Å². The third kappa shape index (κ3) is 6.27. The predicted molar refractivity (Wildman–Crippen MR) is 144 cm³/mol. The molecule has 12 heteroatoms. The Morgan fingerprint density at radius 2 is 1.67 bits per heavy atom. The van der Waals surface area contributed by atoms with E-state index in [1.165, 1.54) is 7.11 Å². The summed E-state index contributed by atoms with van der Waals surface area (Å²) in [4.78, 5) is 38.3. The Hall–Kier alpha value is -3.55. The number of nitrogens with one attached hydrogen (secondary N) is 1. The summed E-state index contributed by atoms with van der Waals surface area (Å²) in [5, 5.41) is 13.3. The quantitative estimate of drug-likeness (QED) is 0.329. The number of carbonyl (C=O) groups is 3. The molecule has 3 aliphatic heterocycles. The minimum Gasteiger partial charge on any atom is -0.467 e. The smallest absolute Gasteiger partial charge is 0.408 e. The normalized spacial score (nSPS) is 34.0. The summed E-state index contributed by atoms with van der Waals surface area (Å²) in [6, 6.07) is 16.9. The molecular formula is C30H35NO11. The van der Waals surface area contributed by atoms with Gasteiger partial charge in [-0.25, -0.2) is 14.4 Å². The van der Waals surface area contributed by atoms with Crippen LogP contribution < -0.4 is 5.32 Å². The topological polar surface area (TPSA) is 148 Å². The van der Waals surface area contributed by atoms with Gasteiger partial charge in [-0.15, -0.1) is 0 Å². The van der Waals surface area contributed by atoms with Gasteiger partial charge in [-0.05, 0) is 31.0 Å². The van der Waals surface area contributed by atoms with Gasteiger partial charge in [-0.1, -0.05) is 55.5 Å². The van der Waals surface area contributed by atoms with Gasteiger partial charge in [0.25, 0.3) is 0 Å². The summed E-state index contributed by atoms with van der Waals surface area (Å²) in [6.45, 7) is 3.57. The first kappa shape index (κ1) is 29.9. The first-order valence-corrected chi connectivity index (χ1v) is 13.9. The average Bonchev–Trinajstić information content (AvgIpc) is 3.42. The SMILES string of the molecule is CCC1O[C@@H](O[C@@H]2C(C(=O)OC)O[C@H](C)C(OC(=O)c3ccccc3)[C@@H]2OCc2ccccc2)C2NC(=O)OC2[C@@H]1O. The molecule has 0 aromatic heterocycles. The van der Waals surface area contributed by atoms with E-state index < -0.39 is 79.2 Å². The van der Waals surface area contributed by atoms with Crippen LogP contribution in [0.5, 0.6) is 0 Å². The summed E-state index contributed by atoms with van der Waals surface area (Å²) in [7, 11) is 1.22. The van der Waals surface area contributed by atoms with Gasteiger partial charge >= 0.3 is 18.0 Å². The molecule has 10 atom stereocenters. The van der Waals surface area contributed by atoms with Crippen molar-refractivity contribution in [2.24, 2.45) is 0 Å². The van der Waals surface area contributed by atoms with E-state index in [0.717, 1.165) is 5.56 Å². The lowest BCUT2D eigenvalue weighted by molar-refractivity contribution is -0.314. The van der Waals surface area contributed by atoms with Gasteiger partial charge in [-0.2, -0.15) is 0 Å². The number of rotatable bonds is 9. The molecule has 2 aromatic carbocycles. The van der Waals surface area contributed by atoms with Crippen molar-refractivity contribution in [2.75, 3.05) is 7.11 Å². The van der Waals surface area contributed by atoms with Crippen LogP contribution in [0.3, 0.4) is 0 Å². The lowest BCUT2D eigenvalue weighted by atomic mass is 9.93. The van der Waals surface area contributed by atoms with Gasteiger partial charge < -0.3 is 43.6 Å². The summed E-state index contributed by atoms with van der Waals surface area (Å²) >= 11 is 0. The second-order valence-corrected chi connectivity index (χ2v) is 10.4. The molecule has 0 bridgehead atoms. The fourth-order valence-corrected chi connectivity index (χ4v) is 5.46. The molecule has 5 rings (SSSR count). The molecule has 3 aliphatic rings. The van der Waals surface area contributed by atoms with Crippen LogP contribution in [0.2, 0.25) is 0 Å². The van der Waals surface area contributed by atoms with Crippen molar-refractivity contribution in [1.29, 1.82) is 0 Å².